The first kappa shape index (κ1) is 20.1. The van der Waals surface area contributed by atoms with Crippen LogP contribution < -0.4 is 0 Å². The highest BCUT2D eigenvalue weighted by Gasteiger charge is 2.45. The first-order chi connectivity index (χ1) is 9.49. The molecule has 0 heterocycles. The van der Waals surface area contributed by atoms with E-state index in [1.807, 2.05) is 6.92 Å². The standard InChI is InChI=1S/C16H35O3P/c1-5-9-11-13-15-16(7-3,14-12-10-6-2)20(17,18)19-8-4/h5-15H2,1-4H3,(H,17,18). The molecule has 2 unspecified atom stereocenters. The average Bonchev–Trinajstić information content (AvgIpc) is 2.41. The number of hydrogen-bond donors (Lipinski definition) is 1. The largest absolute Gasteiger partial charge is 0.334 e. The van der Waals surface area contributed by atoms with Crippen LogP contribution in [0.2, 0.25) is 0 Å². The zero-order valence-electron chi connectivity index (χ0n) is 14.0. The topological polar surface area (TPSA) is 46.5 Å². The minimum atomic E-state index is -3.52. The summed E-state index contributed by atoms with van der Waals surface area (Å²) in [5, 5.41) is -0.522. The highest BCUT2D eigenvalue weighted by molar-refractivity contribution is 7.54. The molecular weight excluding hydrogens is 271 g/mol. The number of hydrogen-bond acceptors (Lipinski definition) is 2. The molecule has 4 heteroatoms. The van der Waals surface area contributed by atoms with Gasteiger partial charge in [0.2, 0.25) is 0 Å². The van der Waals surface area contributed by atoms with Crippen molar-refractivity contribution in [2.45, 2.75) is 97.1 Å². The van der Waals surface area contributed by atoms with Crippen LogP contribution in [0.4, 0.5) is 0 Å². The summed E-state index contributed by atoms with van der Waals surface area (Å²) in [4.78, 5) is 10.4. The highest BCUT2D eigenvalue weighted by Crippen LogP contribution is 2.61. The van der Waals surface area contributed by atoms with Crippen molar-refractivity contribution in [1.82, 2.24) is 0 Å². The fourth-order valence-corrected chi connectivity index (χ4v) is 4.76. The summed E-state index contributed by atoms with van der Waals surface area (Å²) in [6.07, 6.45) is 10.2. The summed E-state index contributed by atoms with van der Waals surface area (Å²) in [5.41, 5.74) is 0. The Morgan fingerprint density at radius 2 is 1.40 bits per heavy atom. The lowest BCUT2D eigenvalue weighted by molar-refractivity contribution is 0.228. The van der Waals surface area contributed by atoms with Crippen molar-refractivity contribution in [2.75, 3.05) is 6.61 Å². The zero-order chi connectivity index (χ0) is 15.5. The molecule has 0 fully saturated rings. The molecule has 0 aromatic rings. The van der Waals surface area contributed by atoms with E-state index in [0.29, 0.717) is 6.61 Å². The first-order valence-electron chi connectivity index (χ1n) is 8.47. The molecule has 0 bridgehead atoms. The van der Waals surface area contributed by atoms with Crippen molar-refractivity contribution < 1.29 is 14.0 Å². The summed E-state index contributed by atoms with van der Waals surface area (Å²) in [6, 6.07) is 0. The molecular formula is C16H35O3P. The predicted octanol–water partition coefficient (Wildman–Crippen LogP) is 5.91. The maximum atomic E-state index is 12.7. The summed E-state index contributed by atoms with van der Waals surface area (Å²) in [6.45, 7) is 8.50. The van der Waals surface area contributed by atoms with Crippen molar-refractivity contribution in [2.24, 2.45) is 0 Å². The predicted molar refractivity (Wildman–Crippen MR) is 87.4 cm³/mol. The van der Waals surface area contributed by atoms with Crippen molar-refractivity contribution in [3.05, 3.63) is 0 Å². The van der Waals surface area contributed by atoms with E-state index in [0.717, 1.165) is 51.4 Å². The molecule has 2 atom stereocenters. The first-order valence-corrected chi connectivity index (χ1v) is 10.0. The molecule has 0 saturated carbocycles. The Morgan fingerprint density at radius 1 is 0.900 bits per heavy atom. The van der Waals surface area contributed by atoms with Gasteiger partial charge in [0, 0.05) is 0 Å². The molecule has 0 aliphatic heterocycles. The maximum absolute atomic E-state index is 12.7. The third kappa shape index (κ3) is 6.28. The molecule has 0 saturated heterocycles. The van der Waals surface area contributed by atoms with Crippen LogP contribution >= 0.6 is 7.60 Å². The van der Waals surface area contributed by atoms with Gasteiger partial charge in [-0.3, -0.25) is 4.57 Å². The van der Waals surface area contributed by atoms with E-state index >= 15 is 0 Å². The summed E-state index contributed by atoms with van der Waals surface area (Å²) >= 11 is 0. The van der Waals surface area contributed by atoms with Gasteiger partial charge in [-0.2, -0.15) is 0 Å². The second-order valence-electron chi connectivity index (χ2n) is 5.78. The van der Waals surface area contributed by atoms with E-state index in [-0.39, 0.29) is 0 Å². The second-order valence-corrected chi connectivity index (χ2v) is 8.03. The van der Waals surface area contributed by atoms with Crippen LogP contribution in [0.5, 0.6) is 0 Å². The Balaban J connectivity index is 4.81. The Labute approximate surface area is 126 Å². The van der Waals surface area contributed by atoms with Gasteiger partial charge < -0.3 is 9.42 Å². The Morgan fingerprint density at radius 3 is 1.85 bits per heavy atom. The Bertz CT molecular complexity index is 281. The zero-order valence-corrected chi connectivity index (χ0v) is 14.9. The maximum Gasteiger partial charge on any atom is 0.334 e. The molecule has 1 N–H and O–H groups in total. The monoisotopic (exact) mass is 306 g/mol. The van der Waals surface area contributed by atoms with Gasteiger partial charge in [-0.1, -0.05) is 65.7 Å². The fourth-order valence-electron chi connectivity index (χ4n) is 2.86. The van der Waals surface area contributed by atoms with Crippen LogP contribution in [0.15, 0.2) is 0 Å². The van der Waals surface area contributed by atoms with Crippen molar-refractivity contribution >= 4 is 7.60 Å². The molecule has 0 amide bonds. The van der Waals surface area contributed by atoms with E-state index in [4.69, 9.17) is 4.52 Å². The van der Waals surface area contributed by atoms with E-state index < -0.39 is 12.8 Å². The Kier molecular flexibility index (Phi) is 10.9. The lowest BCUT2D eigenvalue weighted by Gasteiger charge is -2.36. The molecule has 20 heavy (non-hydrogen) atoms. The quantitative estimate of drug-likeness (QED) is 0.340. The summed E-state index contributed by atoms with van der Waals surface area (Å²) in [5.74, 6) is 0. The van der Waals surface area contributed by atoms with Gasteiger partial charge in [0.15, 0.2) is 0 Å². The lowest BCUT2D eigenvalue weighted by atomic mass is 9.91. The van der Waals surface area contributed by atoms with Gasteiger partial charge >= 0.3 is 7.60 Å². The number of rotatable bonds is 13. The smallest absolute Gasteiger partial charge is 0.324 e. The van der Waals surface area contributed by atoms with E-state index in [2.05, 4.69) is 13.8 Å². The van der Waals surface area contributed by atoms with E-state index in [1.165, 1.54) is 12.8 Å². The average molecular weight is 306 g/mol. The molecule has 0 aliphatic carbocycles. The van der Waals surface area contributed by atoms with Gasteiger partial charge in [0.05, 0.1) is 11.8 Å². The molecule has 0 aromatic carbocycles. The molecule has 3 nitrogen and oxygen atoms in total. The molecule has 0 aliphatic rings. The van der Waals surface area contributed by atoms with Gasteiger partial charge in [0.25, 0.3) is 0 Å². The van der Waals surface area contributed by atoms with Gasteiger partial charge in [-0.15, -0.1) is 0 Å². The molecule has 0 spiro atoms. The van der Waals surface area contributed by atoms with E-state index in [1.54, 1.807) is 6.92 Å². The van der Waals surface area contributed by atoms with Crippen LogP contribution in [-0.4, -0.2) is 16.7 Å². The normalized spacial score (nSPS) is 17.6. The van der Waals surface area contributed by atoms with E-state index in [9.17, 15) is 9.46 Å². The summed E-state index contributed by atoms with van der Waals surface area (Å²) in [7, 11) is -3.52. The highest BCUT2D eigenvalue weighted by atomic mass is 31.2. The third-order valence-corrected chi connectivity index (χ3v) is 6.87. The van der Waals surface area contributed by atoms with Gasteiger partial charge in [-0.05, 0) is 26.2 Å². The molecule has 0 rings (SSSR count). The van der Waals surface area contributed by atoms with Crippen molar-refractivity contribution in [1.29, 1.82) is 0 Å². The van der Waals surface area contributed by atoms with Crippen LogP contribution in [0.25, 0.3) is 0 Å². The SMILES string of the molecule is CCCCCCC(CC)(CCCCC)P(=O)(O)OCC. The van der Waals surface area contributed by atoms with Crippen molar-refractivity contribution in [3.63, 3.8) is 0 Å². The van der Waals surface area contributed by atoms with Crippen LogP contribution in [0, 0.1) is 0 Å². The van der Waals surface area contributed by atoms with Crippen LogP contribution in [0.1, 0.15) is 91.9 Å². The Hall–Kier alpha value is 0.150. The molecule has 0 aromatic heterocycles. The van der Waals surface area contributed by atoms with Gasteiger partial charge in [0.1, 0.15) is 0 Å². The van der Waals surface area contributed by atoms with Gasteiger partial charge in [-0.25, -0.2) is 0 Å². The minimum absolute atomic E-state index is 0.318. The second kappa shape index (κ2) is 10.8. The minimum Gasteiger partial charge on any atom is -0.324 e. The van der Waals surface area contributed by atoms with Crippen molar-refractivity contribution in [3.8, 4) is 0 Å². The third-order valence-electron chi connectivity index (χ3n) is 4.30. The number of unbranched alkanes of at least 4 members (excludes halogenated alkanes) is 5. The fraction of sp³-hybridized carbons (Fsp3) is 1.00. The molecule has 122 valence electrons. The van der Waals surface area contributed by atoms with Crippen LogP contribution in [-0.2, 0) is 9.09 Å². The molecule has 0 radical (unpaired) electrons. The summed E-state index contributed by atoms with van der Waals surface area (Å²) < 4.78 is 17.9. The lowest BCUT2D eigenvalue weighted by Crippen LogP contribution is -2.29. The van der Waals surface area contributed by atoms with Crippen LogP contribution in [0.3, 0.4) is 0 Å².